The van der Waals surface area contributed by atoms with E-state index in [9.17, 15) is 8.78 Å². The molecule has 0 aliphatic rings. The molecule has 0 unspecified atom stereocenters. The third-order valence-corrected chi connectivity index (χ3v) is 3.33. The van der Waals surface area contributed by atoms with Crippen LogP contribution in [0.4, 0.5) is 8.78 Å². The van der Waals surface area contributed by atoms with Gasteiger partial charge in [-0.05, 0) is 30.4 Å². The van der Waals surface area contributed by atoms with Crippen molar-refractivity contribution in [2.24, 2.45) is 17.3 Å². The van der Waals surface area contributed by atoms with Crippen LogP contribution in [0.3, 0.4) is 0 Å². The summed E-state index contributed by atoms with van der Waals surface area (Å²) in [5.41, 5.74) is 14.5. The molecule has 0 saturated heterocycles. The van der Waals surface area contributed by atoms with Crippen molar-refractivity contribution in [3.05, 3.63) is 66.0 Å². The first-order valence-electron chi connectivity index (χ1n) is 6.82. The molecule has 124 valence electrons. The van der Waals surface area contributed by atoms with E-state index in [-0.39, 0.29) is 28.6 Å². The highest BCUT2D eigenvalue weighted by molar-refractivity contribution is 5.79. The zero-order valence-corrected chi connectivity index (χ0v) is 12.3. The van der Waals surface area contributed by atoms with Gasteiger partial charge >= 0.3 is 5.84 Å². The van der Waals surface area contributed by atoms with Crippen molar-refractivity contribution in [2.75, 3.05) is 0 Å². The van der Waals surface area contributed by atoms with Crippen LogP contribution in [0.25, 0.3) is 22.8 Å². The molecule has 0 radical (unpaired) electrons. The maximum atomic E-state index is 14.1. The Morgan fingerprint density at radius 2 is 2.04 bits per heavy atom. The van der Waals surface area contributed by atoms with Crippen molar-refractivity contribution in [3.8, 4) is 11.3 Å². The number of aromatic nitrogens is 2. The summed E-state index contributed by atoms with van der Waals surface area (Å²) in [6.45, 7) is 0. The Kier molecular flexibility index (Phi) is 3.92. The van der Waals surface area contributed by atoms with Gasteiger partial charge in [-0.1, -0.05) is 0 Å². The van der Waals surface area contributed by atoms with E-state index in [1.54, 1.807) is 6.20 Å². The second-order valence-electron chi connectivity index (χ2n) is 4.88. The smallest absolute Gasteiger partial charge is 0.306 e. The number of allylic oxidation sites excluding steroid dienone is 2. The number of rotatable bonds is 4. The Hall–Kier alpha value is -3.33. The first-order chi connectivity index (χ1) is 11.5. The van der Waals surface area contributed by atoms with Crippen LogP contribution in [0.1, 0.15) is 5.69 Å². The van der Waals surface area contributed by atoms with Crippen molar-refractivity contribution in [2.45, 2.75) is 0 Å². The van der Waals surface area contributed by atoms with E-state index in [1.807, 2.05) is 0 Å². The summed E-state index contributed by atoms with van der Waals surface area (Å²) in [6, 6.07) is 3.08. The number of nitrogens with zero attached hydrogens (tertiary/aromatic N) is 2. The molecule has 0 fully saturated rings. The van der Waals surface area contributed by atoms with Crippen LogP contribution in [-0.4, -0.2) is 9.38 Å². The third-order valence-electron chi connectivity index (χ3n) is 3.33. The highest BCUT2D eigenvalue weighted by Gasteiger charge is 2.20. The van der Waals surface area contributed by atoms with E-state index in [0.29, 0.717) is 5.69 Å². The van der Waals surface area contributed by atoms with Crippen LogP contribution in [0.5, 0.6) is 0 Å². The predicted octanol–water partition coefficient (Wildman–Crippen LogP) is 1.44. The van der Waals surface area contributed by atoms with Crippen molar-refractivity contribution < 1.29 is 13.2 Å². The summed E-state index contributed by atoms with van der Waals surface area (Å²) in [6.07, 6.45) is 5.86. The fraction of sp³-hybridized carbons (Fsp3) is 0. The normalized spacial score (nSPS) is 12.8. The molecule has 1 aromatic carbocycles. The SMILES string of the molecule is NN/C(N)=C/C=C(\N)c1c(-c2cc(F)ccc2F)nc2occn12. The molecule has 0 atom stereocenters. The lowest BCUT2D eigenvalue weighted by molar-refractivity contribution is 0.594. The quantitative estimate of drug-likeness (QED) is 0.326. The lowest BCUT2D eigenvalue weighted by atomic mass is 10.1. The molecule has 7 N–H and O–H groups in total. The Balaban J connectivity index is 2.23. The summed E-state index contributed by atoms with van der Waals surface area (Å²) in [7, 11) is 0. The van der Waals surface area contributed by atoms with Gasteiger partial charge < -0.3 is 21.3 Å². The number of nitrogens with two attached hydrogens (primary N) is 3. The van der Waals surface area contributed by atoms with Gasteiger partial charge in [-0.2, -0.15) is 4.98 Å². The van der Waals surface area contributed by atoms with E-state index < -0.39 is 11.6 Å². The highest BCUT2D eigenvalue weighted by Crippen LogP contribution is 2.30. The maximum absolute atomic E-state index is 14.1. The highest BCUT2D eigenvalue weighted by atomic mass is 19.1. The number of halogens is 2. The Bertz CT molecular complexity index is 956. The number of nitrogens with one attached hydrogen (secondary N) is 1. The molecule has 0 spiro atoms. The number of oxazole rings is 1. The minimum absolute atomic E-state index is 0.0332. The first kappa shape index (κ1) is 15.6. The van der Waals surface area contributed by atoms with E-state index >= 15 is 0 Å². The molecule has 2 aromatic heterocycles. The number of imidazole rings is 1. The van der Waals surface area contributed by atoms with Gasteiger partial charge in [0.25, 0.3) is 0 Å². The van der Waals surface area contributed by atoms with Crippen LogP contribution < -0.4 is 22.7 Å². The van der Waals surface area contributed by atoms with Gasteiger partial charge in [0.1, 0.15) is 29.4 Å². The summed E-state index contributed by atoms with van der Waals surface area (Å²) in [5.74, 6) is 4.30. The number of hydrazine groups is 1. The number of fused-ring (bicyclic) bond motifs is 1. The van der Waals surface area contributed by atoms with Crippen molar-refractivity contribution in [1.29, 1.82) is 0 Å². The van der Waals surface area contributed by atoms with Crippen molar-refractivity contribution >= 4 is 11.5 Å². The topological polar surface area (TPSA) is 121 Å². The van der Waals surface area contributed by atoms with Crippen molar-refractivity contribution in [1.82, 2.24) is 14.8 Å². The average molecular weight is 332 g/mol. The first-order valence-corrected chi connectivity index (χ1v) is 6.82. The summed E-state index contributed by atoms with van der Waals surface area (Å²) in [5, 5.41) is 0. The molecular formula is C15H14F2N6O. The fourth-order valence-corrected chi connectivity index (χ4v) is 2.23. The zero-order chi connectivity index (χ0) is 17.3. The minimum atomic E-state index is -0.634. The molecule has 9 heteroatoms. The Morgan fingerprint density at radius 3 is 2.79 bits per heavy atom. The van der Waals surface area contributed by atoms with Gasteiger partial charge in [0.15, 0.2) is 0 Å². The largest absolute Gasteiger partial charge is 0.432 e. The summed E-state index contributed by atoms with van der Waals surface area (Å²) < 4.78 is 34.4. The molecule has 2 heterocycles. The predicted molar refractivity (Wildman–Crippen MR) is 84.6 cm³/mol. The molecule has 0 aliphatic carbocycles. The average Bonchev–Trinajstić information content (AvgIpc) is 3.15. The van der Waals surface area contributed by atoms with Crippen LogP contribution in [0.2, 0.25) is 0 Å². The molecular weight excluding hydrogens is 318 g/mol. The van der Waals surface area contributed by atoms with Crippen LogP contribution in [0, 0.1) is 11.6 Å². The second kappa shape index (κ2) is 6.05. The van der Waals surface area contributed by atoms with Gasteiger partial charge in [0.2, 0.25) is 0 Å². The van der Waals surface area contributed by atoms with Gasteiger partial charge in [-0.3, -0.25) is 4.40 Å². The molecule has 24 heavy (non-hydrogen) atoms. The maximum Gasteiger partial charge on any atom is 0.306 e. The van der Waals surface area contributed by atoms with E-state index in [2.05, 4.69) is 10.4 Å². The van der Waals surface area contributed by atoms with Gasteiger partial charge in [0, 0.05) is 11.8 Å². The lowest BCUT2D eigenvalue weighted by Gasteiger charge is -2.06. The molecule has 3 aromatic rings. The molecule has 0 bridgehead atoms. The number of benzene rings is 1. The van der Waals surface area contributed by atoms with Crippen LogP contribution in [-0.2, 0) is 0 Å². The monoisotopic (exact) mass is 332 g/mol. The van der Waals surface area contributed by atoms with Crippen LogP contribution >= 0.6 is 0 Å². The second-order valence-corrected chi connectivity index (χ2v) is 4.88. The molecule has 0 aliphatic heterocycles. The zero-order valence-electron chi connectivity index (χ0n) is 12.3. The van der Waals surface area contributed by atoms with Gasteiger partial charge in [-0.25, -0.2) is 14.6 Å². The minimum Gasteiger partial charge on any atom is -0.432 e. The Morgan fingerprint density at radius 1 is 1.25 bits per heavy atom. The standard InChI is InChI=1S/C15H14F2N6O/c16-8-1-2-10(17)9(7-8)13-14(11(18)3-4-12(19)22-20)23-5-6-24-15(23)21-13/h1-7,22H,18-20H2/b11-3-,12-4+. The summed E-state index contributed by atoms with van der Waals surface area (Å²) >= 11 is 0. The van der Waals surface area contributed by atoms with Gasteiger partial charge in [-0.15, -0.1) is 0 Å². The van der Waals surface area contributed by atoms with E-state index in [4.69, 9.17) is 21.7 Å². The molecule has 7 nitrogen and oxygen atoms in total. The number of hydrogen-bond acceptors (Lipinski definition) is 6. The third kappa shape index (κ3) is 2.68. The molecule has 0 saturated carbocycles. The molecule has 3 rings (SSSR count). The number of hydrogen-bond donors (Lipinski definition) is 4. The lowest BCUT2D eigenvalue weighted by Crippen LogP contribution is -2.26. The van der Waals surface area contributed by atoms with Gasteiger partial charge in [0.05, 0.1) is 11.4 Å². The van der Waals surface area contributed by atoms with E-state index in [1.165, 1.54) is 22.8 Å². The van der Waals surface area contributed by atoms with E-state index in [0.717, 1.165) is 18.2 Å². The Labute approximate surface area is 135 Å². The van der Waals surface area contributed by atoms with Crippen LogP contribution in [0.15, 0.2) is 53.0 Å². The summed E-state index contributed by atoms with van der Waals surface area (Å²) in [4.78, 5) is 4.19. The van der Waals surface area contributed by atoms with Crippen molar-refractivity contribution in [3.63, 3.8) is 0 Å². The fourth-order valence-electron chi connectivity index (χ4n) is 2.23. The molecule has 0 amide bonds.